The lowest BCUT2D eigenvalue weighted by atomic mass is 10.1. The first kappa shape index (κ1) is 17.7. The Morgan fingerprint density at radius 2 is 1.92 bits per heavy atom. The number of ether oxygens (including phenoxy) is 1. The normalized spacial score (nSPS) is 10.5. The number of methoxy groups -OCH3 is 1. The molecule has 0 radical (unpaired) electrons. The van der Waals surface area contributed by atoms with Crippen molar-refractivity contribution >= 4 is 5.91 Å². The van der Waals surface area contributed by atoms with Crippen molar-refractivity contribution in [3.8, 4) is 11.4 Å². The maximum Gasteiger partial charge on any atom is 0.222 e. The lowest BCUT2D eigenvalue weighted by Crippen LogP contribution is -2.26. The van der Waals surface area contributed by atoms with Gasteiger partial charge in [-0.2, -0.15) is 5.10 Å². The van der Waals surface area contributed by atoms with Gasteiger partial charge in [0.2, 0.25) is 5.91 Å². The third kappa shape index (κ3) is 4.51. The Hall–Kier alpha value is -3.08. The van der Waals surface area contributed by atoms with Crippen LogP contribution in [0.15, 0.2) is 67.0 Å². The third-order valence-electron chi connectivity index (χ3n) is 4.31. The van der Waals surface area contributed by atoms with Crippen molar-refractivity contribution in [2.24, 2.45) is 0 Å². The van der Waals surface area contributed by atoms with Crippen molar-refractivity contribution in [1.29, 1.82) is 0 Å². The van der Waals surface area contributed by atoms with Crippen LogP contribution in [-0.2, 0) is 17.8 Å². The highest BCUT2D eigenvalue weighted by molar-refractivity contribution is 5.76. The van der Waals surface area contributed by atoms with Gasteiger partial charge in [-0.3, -0.25) is 4.79 Å². The van der Waals surface area contributed by atoms with E-state index in [1.807, 2.05) is 66.5 Å². The molecule has 5 nitrogen and oxygen atoms in total. The molecule has 0 aliphatic heterocycles. The van der Waals surface area contributed by atoms with Gasteiger partial charge < -0.3 is 9.64 Å². The number of hydrogen-bond donors (Lipinski definition) is 0. The second kappa shape index (κ2) is 8.34. The van der Waals surface area contributed by atoms with Crippen LogP contribution in [-0.4, -0.2) is 34.7 Å². The van der Waals surface area contributed by atoms with E-state index in [2.05, 4.69) is 11.2 Å². The minimum Gasteiger partial charge on any atom is -0.497 e. The maximum atomic E-state index is 12.4. The Bertz CT molecular complexity index is 842. The van der Waals surface area contributed by atoms with Crippen LogP contribution in [0.2, 0.25) is 0 Å². The van der Waals surface area contributed by atoms with Gasteiger partial charge in [0.15, 0.2) is 0 Å². The van der Waals surface area contributed by atoms with Crippen LogP contribution in [0.1, 0.15) is 17.5 Å². The van der Waals surface area contributed by atoms with Crippen molar-refractivity contribution < 1.29 is 9.53 Å². The van der Waals surface area contributed by atoms with Crippen molar-refractivity contribution in [2.75, 3.05) is 14.2 Å². The second-order valence-corrected chi connectivity index (χ2v) is 6.22. The van der Waals surface area contributed by atoms with Gasteiger partial charge in [0.1, 0.15) is 5.75 Å². The van der Waals surface area contributed by atoms with E-state index >= 15 is 0 Å². The first-order valence-electron chi connectivity index (χ1n) is 8.61. The van der Waals surface area contributed by atoms with Crippen LogP contribution in [0.5, 0.6) is 5.75 Å². The van der Waals surface area contributed by atoms with Crippen LogP contribution < -0.4 is 4.74 Å². The van der Waals surface area contributed by atoms with Gasteiger partial charge in [0.05, 0.1) is 12.8 Å². The standard InChI is InChI=1S/C21H23N3O2/c1-23(21(25)12-9-17-7-10-20(26-2)11-8-17)16-18-5-3-6-19(15-18)24-14-4-13-22-24/h3-8,10-11,13-15H,9,12,16H2,1-2H3. The molecule has 1 aromatic heterocycles. The highest BCUT2D eigenvalue weighted by Crippen LogP contribution is 2.14. The van der Waals surface area contributed by atoms with Gasteiger partial charge in [0.25, 0.3) is 0 Å². The number of hydrogen-bond acceptors (Lipinski definition) is 3. The zero-order valence-electron chi connectivity index (χ0n) is 15.1. The van der Waals surface area contributed by atoms with Crippen LogP contribution >= 0.6 is 0 Å². The molecule has 0 spiro atoms. The lowest BCUT2D eigenvalue weighted by molar-refractivity contribution is -0.130. The number of amides is 1. The summed E-state index contributed by atoms with van der Waals surface area (Å²) in [5.74, 6) is 0.958. The first-order valence-corrected chi connectivity index (χ1v) is 8.61. The first-order chi connectivity index (χ1) is 12.7. The SMILES string of the molecule is COc1ccc(CCC(=O)N(C)Cc2cccc(-n3cccn3)c2)cc1. The number of benzene rings is 2. The summed E-state index contributed by atoms with van der Waals surface area (Å²) in [4.78, 5) is 14.2. The van der Waals surface area contributed by atoms with Gasteiger partial charge in [-0.15, -0.1) is 0 Å². The lowest BCUT2D eigenvalue weighted by Gasteiger charge is -2.18. The number of carbonyl (C=O) groups excluding carboxylic acids is 1. The molecule has 0 saturated carbocycles. The van der Waals surface area contributed by atoms with E-state index in [0.717, 1.165) is 29.0 Å². The molecule has 0 atom stereocenters. The second-order valence-electron chi connectivity index (χ2n) is 6.22. The fourth-order valence-corrected chi connectivity index (χ4v) is 2.82. The summed E-state index contributed by atoms with van der Waals surface area (Å²) in [6.07, 6.45) is 4.87. The average molecular weight is 349 g/mol. The van der Waals surface area contributed by atoms with Gasteiger partial charge in [0, 0.05) is 32.4 Å². The van der Waals surface area contributed by atoms with Crippen LogP contribution in [0.3, 0.4) is 0 Å². The van der Waals surface area contributed by atoms with Gasteiger partial charge in [-0.25, -0.2) is 4.68 Å². The summed E-state index contributed by atoms with van der Waals surface area (Å²) in [5.41, 5.74) is 3.21. The van der Waals surface area contributed by atoms with Crippen LogP contribution in [0.4, 0.5) is 0 Å². The van der Waals surface area contributed by atoms with E-state index in [0.29, 0.717) is 13.0 Å². The van der Waals surface area contributed by atoms with Crippen molar-refractivity contribution in [2.45, 2.75) is 19.4 Å². The molecule has 0 saturated heterocycles. The van der Waals surface area contributed by atoms with Crippen molar-refractivity contribution in [3.63, 3.8) is 0 Å². The molecule has 0 unspecified atom stereocenters. The monoisotopic (exact) mass is 349 g/mol. The van der Waals surface area contributed by atoms with Gasteiger partial charge in [-0.05, 0) is 47.9 Å². The van der Waals surface area contributed by atoms with E-state index in [-0.39, 0.29) is 5.91 Å². The fraction of sp³-hybridized carbons (Fsp3) is 0.238. The zero-order valence-corrected chi connectivity index (χ0v) is 15.1. The minimum absolute atomic E-state index is 0.130. The summed E-state index contributed by atoms with van der Waals surface area (Å²) in [6, 6.07) is 17.8. The Morgan fingerprint density at radius 3 is 2.62 bits per heavy atom. The molecule has 5 heteroatoms. The number of aromatic nitrogens is 2. The molecule has 1 amide bonds. The highest BCUT2D eigenvalue weighted by atomic mass is 16.5. The molecule has 0 aliphatic rings. The van der Waals surface area contributed by atoms with E-state index in [9.17, 15) is 4.79 Å². The maximum absolute atomic E-state index is 12.4. The van der Waals surface area contributed by atoms with Gasteiger partial charge in [-0.1, -0.05) is 24.3 Å². The molecule has 3 rings (SSSR count). The molecule has 2 aromatic carbocycles. The zero-order chi connectivity index (χ0) is 18.4. The fourth-order valence-electron chi connectivity index (χ4n) is 2.82. The van der Waals surface area contributed by atoms with Crippen molar-refractivity contribution in [1.82, 2.24) is 14.7 Å². The summed E-state index contributed by atoms with van der Waals surface area (Å²) < 4.78 is 6.97. The number of rotatable bonds is 7. The Labute approximate surface area is 153 Å². The Morgan fingerprint density at radius 1 is 1.12 bits per heavy atom. The molecule has 0 bridgehead atoms. The molecule has 0 aliphatic carbocycles. The summed E-state index contributed by atoms with van der Waals surface area (Å²) in [7, 11) is 3.49. The van der Waals surface area contributed by atoms with E-state index < -0.39 is 0 Å². The predicted molar refractivity (Wildman–Crippen MR) is 101 cm³/mol. The number of aryl methyl sites for hydroxylation is 1. The largest absolute Gasteiger partial charge is 0.497 e. The van der Waals surface area contributed by atoms with E-state index in [1.165, 1.54) is 0 Å². The Balaban J connectivity index is 1.56. The van der Waals surface area contributed by atoms with Gasteiger partial charge >= 0.3 is 0 Å². The average Bonchev–Trinajstić information content (AvgIpc) is 3.21. The number of carbonyl (C=O) groups is 1. The topological polar surface area (TPSA) is 47.4 Å². The summed E-state index contributed by atoms with van der Waals surface area (Å²) in [6.45, 7) is 0.580. The van der Waals surface area contributed by atoms with Crippen LogP contribution in [0, 0.1) is 0 Å². The molecular formula is C21H23N3O2. The molecule has 3 aromatic rings. The smallest absolute Gasteiger partial charge is 0.222 e. The minimum atomic E-state index is 0.130. The van der Waals surface area contributed by atoms with Crippen molar-refractivity contribution in [3.05, 3.63) is 78.1 Å². The highest BCUT2D eigenvalue weighted by Gasteiger charge is 2.10. The molecular weight excluding hydrogens is 326 g/mol. The van der Waals surface area contributed by atoms with Crippen LogP contribution in [0.25, 0.3) is 5.69 Å². The van der Waals surface area contributed by atoms with E-state index in [1.54, 1.807) is 18.2 Å². The Kier molecular flexibility index (Phi) is 5.69. The summed E-state index contributed by atoms with van der Waals surface area (Å²) >= 11 is 0. The third-order valence-corrected chi connectivity index (χ3v) is 4.31. The van der Waals surface area contributed by atoms with E-state index in [4.69, 9.17) is 4.74 Å². The molecule has 134 valence electrons. The molecule has 0 fully saturated rings. The molecule has 26 heavy (non-hydrogen) atoms. The predicted octanol–water partition coefficient (Wildman–Crippen LogP) is 3.47. The molecule has 0 N–H and O–H groups in total. The molecule has 1 heterocycles. The quantitative estimate of drug-likeness (QED) is 0.656. The number of nitrogens with zero attached hydrogens (tertiary/aromatic N) is 3. The summed E-state index contributed by atoms with van der Waals surface area (Å²) in [5, 5.41) is 4.24.